The Balaban J connectivity index is 2.06. The third kappa shape index (κ3) is 4.08. The average molecular weight is 379 g/mol. The normalized spacial score (nSPS) is 11.5. The predicted octanol–water partition coefficient (Wildman–Crippen LogP) is 4.47. The molecule has 0 radical (unpaired) electrons. The Hall–Kier alpha value is -3.35. The summed E-state index contributed by atoms with van der Waals surface area (Å²) in [6, 6.07) is 16.2. The van der Waals surface area contributed by atoms with E-state index in [0.29, 0.717) is 16.6 Å². The van der Waals surface area contributed by atoms with Gasteiger partial charge in [-0.1, -0.05) is 36.4 Å². The van der Waals surface area contributed by atoms with Gasteiger partial charge in [0, 0.05) is 34.6 Å². The van der Waals surface area contributed by atoms with Crippen LogP contribution in [-0.4, -0.2) is 27.5 Å². The van der Waals surface area contributed by atoms with Gasteiger partial charge in [-0.25, -0.2) is 13.4 Å². The van der Waals surface area contributed by atoms with Crippen molar-refractivity contribution >= 4 is 38.8 Å². The first-order valence-electron chi connectivity index (χ1n) is 8.07. The van der Waals surface area contributed by atoms with Crippen LogP contribution in [0.1, 0.15) is 11.3 Å². The minimum atomic E-state index is -4.13. The summed E-state index contributed by atoms with van der Waals surface area (Å²) in [5.74, 6) is 0. The maximum absolute atomic E-state index is 12.3. The van der Waals surface area contributed by atoms with Crippen LogP contribution in [-0.2, 0) is 10.0 Å². The third-order valence-corrected chi connectivity index (χ3v) is 5.16. The molecule has 2 aromatic carbocycles. The Morgan fingerprint density at radius 1 is 1.07 bits per heavy atom. The predicted molar refractivity (Wildman–Crippen MR) is 108 cm³/mol. The maximum atomic E-state index is 12.3. The molecule has 1 heterocycles. The first kappa shape index (κ1) is 18.4. The topological polar surface area (TPSA) is 99.0 Å². The number of benzene rings is 2. The molecule has 8 heteroatoms. The van der Waals surface area contributed by atoms with Crippen molar-refractivity contribution in [3.05, 3.63) is 76.3 Å². The van der Waals surface area contributed by atoms with Crippen LogP contribution in [0.5, 0.6) is 0 Å². The summed E-state index contributed by atoms with van der Waals surface area (Å²) in [7, 11) is -0.193. The minimum Gasteiger partial charge on any atom is -0.378 e. The number of nitrogens with zero attached hydrogens (tertiary/aromatic N) is 5. The zero-order valence-corrected chi connectivity index (χ0v) is 15.6. The van der Waals surface area contributed by atoms with Gasteiger partial charge in [0.2, 0.25) is 0 Å². The number of fused-ring (bicyclic) bond motifs is 1. The van der Waals surface area contributed by atoms with E-state index in [1.807, 2.05) is 49.3 Å². The summed E-state index contributed by atoms with van der Waals surface area (Å²) >= 11 is 0. The molecule has 0 bridgehead atoms. The molecule has 0 aliphatic carbocycles. The summed E-state index contributed by atoms with van der Waals surface area (Å²) in [4.78, 5) is 8.85. The van der Waals surface area contributed by atoms with E-state index in [0.717, 1.165) is 11.3 Å². The first-order valence-corrected chi connectivity index (χ1v) is 9.51. The molecule has 0 saturated heterocycles. The molecule has 0 aliphatic rings. The number of pyridine rings is 1. The molecular weight excluding hydrogens is 362 g/mol. The Labute approximate surface area is 157 Å². The lowest BCUT2D eigenvalue weighted by molar-refractivity contribution is 0.598. The van der Waals surface area contributed by atoms with E-state index in [-0.39, 0.29) is 4.90 Å². The molecule has 0 saturated carbocycles. The van der Waals surface area contributed by atoms with Crippen molar-refractivity contribution in [2.24, 2.45) is 4.52 Å². The van der Waals surface area contributed by atoms with Crippen LogP contribution in [0.4, 0.5) is 5.69 Å². The highest BCUT2D eigenvalue weighted by Gasteiger charge is 2.17. The van der Waals surface area contributed by atoms with Crippen molar-refractivity contribution < 1.29 is 8.42 Å². The quantitative estimate of drug-likeness (QED) is 0.371. The maximum Gasteiger partial charge on any atom is 0.265 e. The van der Waals surface area contributed by atoms with Crippen molar-refractivity contribution in [2.45, 2.75) is 4.90 Å². The standard InChI is InChI=1S/C19H17N5O2S/c1-24(2)16-11-8-14(9-12-16)7-10-15-13-19(27(25,26)23-22-20)17-5-3-4-6-18(17)21-15/h3-13H,1-2H3/b10-7+. The van der Waals surface area contributed by atoms with Crippen LogP contribution < -0.4 is 4.90 Å². The van der Waals surface area contributed by atoms with Crippen LogP contribution in [0.15, 0.2) is 64.0 Å². The molecule has 136 valence electrons. The first-order chi connectivity index (χ1) is 12.9. The second kappa shape index (κ2) is 7.49. The van der Waals surface area contributed by atoms with Gasteiger partial charge in [0.15, 0.2) is 0 Å². The number of azide groups is 1. The van der Waals surface area contributed by atoms with Crippen molar-refractivity contribution in [3.8, 4) is 0 Å². The molecule has 3 rings (SSSR count). The zero-order valence-electron chi connectivity index (χ0n) is 14.8. The van der Waals surface area contributed by atoms with Gasteiger partial charge < -0.3 is 4.90 Å². The van der Waals surface area contributed by atoms with E-state index >= 15 is 0 Å². The number of hydrogen-bond donors (Lipinski definition) is 0. The zero-order chi connectivity index (χ0) is 19.4. The minimum absolute atomic E-state index is 0.0616. The largest absolute Gasteiger partial charge is 0.378 e. The number of sulfonamides is 1. The molecule has 0 aliphatic heterocycles. The fraction of sp³-hybridized carbons (Fsp3) is 0.105. The van der Waals surface area contributed by atoms with Crippen molar-refractivity contribution in [1.29, 1.82) is 0 Å². The Morgan fingerprint density at radius 3 is 2.44 bits per heavy atom. The van der Waals surface area contributed by atoms with Gasteiger partial charge in [0.05, 0.1) is 16.1 Å². The van der Waals surface area contributed by atoms with Crippen molar-refractivity contribution in [2.75, 3.05) is 19.0 Å². The van der Waals surface area contributed by atoms with E-state index in [1.165, 1.54) is 6.07 Å². The lowest BCUT2D eigenvalue weighted by Crippen LogP contribution is -2.07. The Morgan fingerprint density at radius 2 is 1.78 bits per heavy atom. The molecule has 1 aromatic heterocycles. The van der Waals surface area contributed by atoms with E-state index < -0.39 is 10.0 Å². The number of hydrogen-bond acceptors (Lipinski definition) is 4. The molecule has 0 amide bonds. The Kier molecular flexibility index (Phi) is 5.12. The summed E-state index contributed by atoms with van der Waals surface area (Å²) in [5, 5.41) is 0.414. The summed E-state index contributed by atoms with van der Waals surface area (Å²) in [6.45, 7) is 0. The average Bonchev–Trinajstić information content (AvgIpc) is 2.66. The summed E-state index contributed by atoms with van der Waals surface area (Å²) in [6.07, 6.45) is 3.58. The number of para-hydroxylation sites is 1. The SMILES string of the molecule is CN(C)c1ccc(/C=C/c2cc(S(=O)(=O)N=[N+]=[N-])c3ccccc3n2)cc1. The molecule has 27 heavy (non-hydrogen) atoms. The van der Waals surface area contributed by atoms with E-state index in [9.17, 15) is 8.42 Å². The van der Waals surface area contributed by atoms with Crippen LogP contribution in [0.3, 0.4) is 0 Å². The van der Waals surface area contributed by atoms with Gasteiger partial charge in [-0.05, 0) is 41.4 Å². The van der Waals surface area contributed by atoms with Crippen LogP contribution in [0, 0.1) is 0 Å². The second-order valence-electron chi connectivity index (χ2n) is 6.03. The van der Waals surface area contributed by atoms with Crippen LogP contribution in [0.25, 0.3) is 33.5 Å². The van der Waals surface area contributed by atoms with E-state index in [2.05, 4.69) is 14.4 Å². The molecule has 0 N–H and O–H groups in total. The fourth-order valence-corrected chi connectivity index (χ4v) is 3.52. The summed E-state index contributed by atoms with van der Waals surface area (Å²) < 4.78 is 27.6. The highest BCUT2D eigenvalue weighted by molar-refractivity contribution is 7.90. The molecule has 0 atom stereocenters. The fourth-order valence-electron chi connectivity index (χ4n) is 2.62. The van der Waals surface area contributed by atoms with Crippen LogP contribution in [0.2, 0.25) is 0 Å². The van der Waals surface area contributed by atoms with Gasteiger partial charge in [0.1, 0.15) is 0 Å². The number of aromatic nitrogens is 1. The third-order valence-electron chi connectivity index (χ3n) is 3.98. The highest BCUT2D eigenvalue weighted by Crippen LogP contribution is 2.25. The second-order valence-corrected chi connectivity index (χ2v) is 7.58. The van der Waals surface area contributed by atoms with Crippen LogP contribution >= 0.6 is 0 Å². The molecule has 0 unspecified atom stereocenters. The van der Waals surface area contributed by atoms with Crippen molar-refractivity contribution in [3.63, 3.8) is 0 Å². The van der Waals surface area contributed by atoms with Gasteiger partial charge in [0.25, 0.3) is 10.0 Å². The van der Waals surface area contributed by atoms with Crippen molar-refractivity contribution in [1.82, 2.24) is 4.98 Å². The van der Waals surface area contributed by atoms with Gasteiger partial charge >= 0.3 is 0 Å². The number of anilines is 1. The number of rotatable bonds is 5. The highest BCUT2D eigenvalue weighted by atomic mass is 32.2. The van der Waals surface area contributed by atoms with Gasteiger partial charge in [-0.3, -0.25) is 0 Å². The lowest BCUT2D eigenvalue weighted by atomic mass is 10.1. The van der Waals surface area contributed by atoms with Gasteiger partial charge in [-0.2, -0.15) is 0 Å². The monoisotopic (exact) mass is 379 g/mol. The molecule has 0 spiro atoms. The molecule has 3 aromatic rings. The molecular formula is C19H17N5O2S. The molecule has 7 nitrogen and oxygen atoms in total. The van der Waals surface area contributed by atoms with E-state index in [4.69, 9.17) is 5.53 Å². The van der Waals surface area contributed by atoms with E-state index in [1.54, 1.807) is 30.3 Å². The summed E-state index contributed by atoms with van der Waals surface area (Å²) in [5.41, 5.74) is 11.6. The Bertz CT molecular complexity index is 1160. The molecule has 0 fully saturated rings. The van der Waals surface area contributed by atoms with Gasteiger partial charge in [-0.15, -0.1) is 0 Å². The smallest absolute Gasteiger partial charge is 0.265 e. The lowest BCUT2D eigenvalue weighted by Gasteiger charge is -2.11.